The molecule has 0 amide bonds. The maximum atomic E-state index is 13.7. The Kier molecular flexibility index (Phi) is 4.98. The second-order valence-corrected chi connectivity index (χ2v) is 6.64. The molecule has 1 aliphatic carbocycles. The molecule has 1 aromatic carbocycles. The molecule has 0 aromatic heterocycles. The molecule has 0 spiro atoms. The van der Waals surface area contributed by atoms with Crippen LogP contribution in [0.3, 0.4) is 0 Å². The van der Waals surface area contributed by atoms with Gasteiger partial charge in [-0.1, -0.05) is 35.7 Å². The minimum absolute atomic E-state index is 0.118. The zero-order chi connectivity index (χ0) is 13.9. The Labute approximate surface area is 122 Å². The zero-order valence-electron chi connectivity index (χ0n) is 11.3. The van der Waals surface area contributed by atoms with Crippen molar-refractivity contribution < 1.29 is 9.50 Å². The predicted molar refractivity (Wildman–Crippen MR) is 78.4 cm³/mol. The molecular formula is C15H21BrFNO. The quantitative estimate of drug-likeness (QED) is 0.884. The molecule has 1 fully saturated rings. The van der Waals surface area contributed by atoms with Crippen LogP contribution in [0.5, 0.6) is 0 Å². The Morgan fingerprint density at radius 3 is 3.00 bits per heavy atom. The Morgan fingerprint density at radius 2 is 2.32 bits per heavy atom. The summed E-state index contributed by atoms with van der Waals surface area (Å²) in [5, 5.41) is 13.1. The molecule has 1 aromatic rings. The van der Waals surface area contributed by atoms with Crippen molar-refractivity contribution in [1.82, 2.24) is 5.32 Å². The zero-order valence-corrected chi connectivity index (χ0v) is 12.8. The van der Waals surface area contributed by atoms with Crippen LogP contribution < -0.4 is 5.32 Å². The first-order valence-corrected chi connectivity index (χ1v) is 7.64. The third kappa shape index (κ3) is 3.77. The van der Waals surface area contributed by atoms with E-state index in [1.807, 2.05) is 0 Å². The SMILES string of the molecule is CC1CCCC(CO)(NCc2cc(Br)ccc2F)C1. The fraction of sp³-hybridized carbons (Fsp3) is 0.600. The van der Waals surface area contributed by atoms with Crippen LogP contribution in [0.25, 0.3) is 0 Å². The number of benzene rings is 1. The average molecular weight is 330 g/mol. The molecule has 2 rings (SSSR count). The third-order valence-corrected chi connectivity index (χ3v) is 4.55. The second-order valence-electron chi connectivity index (χ2n) is 5.73. The van der Waals surface area contributed by atoms with Crippen LogP contribution in [-0.4, -0.2) is 17.3 Å². The van der Waals surface area contributed by atoms with Crippen molar-refractivity contribution in [2.45, 2.75) is 44.7 Å². The van der Waals surface area contributed by atoms with Gasteiger partial charge in [0.25, 0.3) is 0 Å². The third-order valence-electron chi connectivity index (χ3n) is 4.06. The van der Waals surface area contributed by atoms with Gasteiger partial charge < -0.3 is 10.4 Å². The molecule has 106 valence electrons. The van der Waals surface area contributed by atoms with Crippen molar-refractivity contribution in [2.24, 2.45) is 5.92 Å². The highest BCUT2D eigenvalue weighted by atomic mass is 79.9. The minimum Gasteiger partial charge on any atom is -0.394 e. The molecule has 0 bridgehead atoms. The summed E-state index contributed by atoms with van der Waals surface area (Å²) in [7, 11) is 0. The van der Waals surface area contributed by atoms with E-state index >= 15 is 0 Å². The Morgan fingerprint density at radius 1 is 1.53 bits per heavy atom. The van der Waals surface area contributed by atoms with E-state index in [1.165, 1.54) is 12.5 Å². The molecule has 19 heavy (non-hydrogen) atoms. The smallest absolute Gasteiger partial charge is 0.127 e. The molecule has 4 heteroatoms. The van der Waals surface area contributed by atoms with Crippen molar-refractivity contribution in [1.29, 1.82) is 0 Å². The van der Waals surface area contributed by atoms with Crippen molar-refractivity contribution >= 4 is 15.9 Å². The van der Waals surface area contributed by atoms with Crippen LogP contribution in [0.1, 0.15) is 38.2 Å². The van der Waals surface area contributed by atoms with E-state index in [0.717, 1.165) is 23.7 Å². The summed E-state index contributed by atoms with van der Waals surface area (Å²) in [6, 6.07) is 4.96. The van der Waals surface area contributed by atoms with Gasteiger partial charge in [0, 0.05) is 22.1 Å². The van der Waals surface area contributed by atoms with E-state index in [4.69, 9.17) is 0 Å². The molecular weight excluding hydrogens is 309 g/mol. The van der Waals surface area contributed by atoms with E-state index in [2.05, 4.69) is 28.2 Å². The maximum absolute atomic E-state index is 13.7. The Balaban J connectivity index is 2.05. The number of aliphatic hydroxyl groups excluding tert-OH is 1. The van der Waals surface area contributed by atoms with Gasteiger partial charge in [-0.15, -0.1) is 0 Å². The van der Waals surface area contributed by atoms with Crippen LogP contribution in [0, 0.1) is 11.7 Å². The van der Waals surface area contributed by atoms with Gasteiger partial charge in [0.15, 0.2) is 0 Å². The number of rotatable bonds is 4. The first-order valence-electron chi connectivity index (χ1n) is 6.84. The molecule has 2 nitrogen and oxygen atoms in total. The van der Waals surface area contributed by atoms with E-state index < -0.39 is 0 Å². The fourth-order valence-corrected chi connectivity index (χ4v) is 3.39. The molecule has 1 saturated carbocycles. The molecule has 2 N–H and O–H groups in total. The molecule has 1 aliphatic rings. The average Bonchev–Trinajstić information content (AvgIpc) is 2.40. The molecule has 2 atom stereocenters. The van der Waals surface area contributed by atoms with Crippen molar-refractivity contribution in [2.75, 3.05) is 6.61 Å². The highest BCUT2D eigenvalue weighted by Crippen LogP contribution is 2.32. The lowest BCUT2D eigenvalue weighted by atomic mass is 9.77. The highest BCUT2D eigenvalue weighted by Gasteiger charge is 2.33. The van der Waals surface area contributed by atoms with Crippen LogP contribution in [-0.2, 0) is 6.54 Å². The van der Waals surface area contributed by atoms with E-state index in [9.17, 15) is 9.50 Å². The molecule has 0 radical (unpaired) electrons. The molecule has 0 aliphatic heterocycles. The van der Waals surface area contributed by atoms with Crippen LogP contribution in [0.15, 0.2) is 22.7 Å². The van der Waals surface area contributed by atoms with Gasteiger partial charge in [-0.05, 0) is 37.0 Å². The largest absolute Gasteiger partial charge is 0.394 e. The van der Waals surface area contributed by atoms with E-state index in [-0.39, 0.29) is 18.0 Å². The predicted octanol–water partition coefficient (Wildman–Crippen LogP) is 3.62. The first-order chi connectivity index (χ1) is 9.04. The van der Waals surface area contributed by atoms with Crippen molar-refractivity contribution in [3.8, 4) is 0 Å². The minimum atomic E-state index is -0.244. The number of halogens is 2. The van der Waals surface area contributed by atoms with Gasteiger partial charge in [0.2, 0.25) is 0 Å². The van der Waals surface area contributed by atoms with Crippen LogP contribution in [0.2, 0.25) is 0 Å². The van der Waals surface area contributed by atoms with E-state index in [1.54, 1.807) is 12.1 Å². The summed E-state index contributed by atoms with van der Waals surface area (Å²) in [5.41, 5.74) is 0.396. The van der Waals surface area contributed by atoms with Gasteiger partial charge in [0.05, 0.1) is 6.61 Å². The van der Waals surface area contributed by atoms with Gasteiger partial charge in [-0.3, -0.25) is 0 Å². The van der Waals surface area contributed by atoms with E-state index in [0.29, 0.717) is 18.0 Å². The topological polar surface area (TPSA) is 32.3 Å². The normalized spacial score (nSPS) is 27.5. The lowest BCUT2D eigenvalue weighted by molar-refractivity contribution is 0.0979. The van der Waals surface area contributed by atoms with Gasteiger partial charge in [0.1, 0.15) is 5.82 Å². The number of hydrogen-bond donors (Lipinski definition) is 2. The fourth-order valence-electron chi connectivity index (χ4n) is 2.98. The Bertz CT molecular complexity index is 440. The van der Waals surface area contributed by atoms with Crippen LogP contribution >= 0.6 is 15.9 Å². The lowest BCUT2D eigenvalue weighted by Crippen LogP contribution is -2.51. The van der Waals surface area contributed by atoms with Crippen molar-refractivity contribution in [3.63, 3.8) is 0 Å². The summed E-state index contributed by atoms with van der Waals surface area (Å²) in [4.78, 5) is 0. The highest BCUT2D eigenvalue weighted by molar-refractivity contribution is 9.10. The molecule has 2 unspecified atom stereocenters. The Hall–Kier alpha value is -0.450. The number of aliphatic hydroxyl groups is 1. The summed E-state index contributed by atoms with van der Waals surface area (Å²) < 4.78 is 14.6. The summed E-state index contributed by atoms with van der Waals surface area (Å²) in [6.07, 6.45) is 4.26. The monoisotopic (exact) mass is 329 g/mol. The molecule has 0 saturated heterocycles. The number of hydrogen-bond acceptors (Lipinski definition) is 2. The van der Waals surface area contributed by atoms with Gasteiger partial charge >= 0.3 is 0 Å². The van der Waals surface area contributed by atoms with Gasteiger partial charge in [-0.25, -0.2) is 4.39 Å². The molecule has 0 heterocycles. The summed E-state index contributed by atoms with van der Waals surface area (Å²) in [5.74, 6) is 0.411. The number of nitrogens with one attached hydrogen (secondary N) is 1. The maximum Gasteiger partial charge on any atom is 0.127 e. The summed E-state index contributed by atoms with van der Waals surface area (Å²) >= 11 is 3.36. The second kappa shape index (κ2) is 6.33. The first kappa shape index (κ1) is 14.9. The van der Waals surface area contributed by atoms with Crippen LogP contribution in [0.4, 0.5) is 4.39 Å². The van der Waals surface area contributed by atoms with Gasteiger partial charge in [-0.2, -0.15) is 0 Å². The standard InChI is InChI=1S/C15H21BrFNO/c1-11-3-2-6-15(8-11,10-19)18-9-12-7-13(16)4-5-14(12)17/h4-5,7,11,18-19H,2-3,6,8-10H2,1H3. The van der Waals surface area contributed by atoms with Crippen molar-refractivity contribution in [3.05, 3.63) is 34.1 Å². The summed E-state index contributed by atoms with van der Waals surface area (Å²) in [6.45, 7) is 2.79. The lowest BCUT2D eigenvalue weighted by Gasteiger charge is -2.39.